The maximum Gasteiger partial charge on any atom is 0.115 e. The SMILES string of the molecule is CC[C@@H](CO)NC1CCc2cc(O)ccc21. The lowest BCUT2D eigenvalue weighted by molar-refractivity contribution is 0.227. The molecule has 0 amide bonds. The zero-order valence-electron chi connectivity index (χ0n) is 9.61. The minimum absolute atomic E-state index is 0.171. The second-order valence-electron chi connectivity index (χ2n) is 4.43. The lowest BCUT2D eigenvalue weighted by Crippen LogP contribution is -2.34. The van der Waals surface area contributed by atoms with E-state index in [1.165, 1.54) is 11.1 Å². The Hall–Kier alpha value is -1.06. The number of phenolic OH excluding ortho intramolecular Hbond substituents is 1. The van der Waals surface area contributed by atoms with Crippen LogP contribution in [-0.4, -0.2) is 22.9 Å². The monoisotopic (exact) mass is 221 g/mol. The molecule has 0 bridgehead atoms. The zero-order valence-corrected chi connectivity index (χ0v) is 9.61. The Balaban J connectivity index is 2.11. The molecule has 88 valence electrons. The number of nitrogens with one attached hydrogen (secondary N) is 1. The van der Waals surface area contributed by atoms with Gasteiger partial charge in [-0.15, -0.1) is 0 Å². The lowest BCUT2D eigenvalue weighted by Gasteiger charge is -2.20. The van der Waals surface area contributed by atoms with E-state index >= 15 is 0 Å². The van der Waals surface area contributed by atoms with Crippen LogP contribution >= 0.6 is 0 Å². The summed E-state index contributed by atoms with van der Waals surface area (Å²) >= 11 is 0. The smallest absolute Gasteiger partial charge is 0.115 e. The summed E-state index contributed by atoms with van der Waals surface area (Å²) in [6, 6.07) is 6.06. The van der Waals surface area contributed by atoms with Gasteiger partial charge >= 0.3 is 0 Å². The molecule has 0 heterocycles. The molecule has 0 saturated carbocycles. The summed E-state index contributed by atoms with van der Waals surface area (Å²) in [6.07, 6.45) is 2.99. The van der Waals surface area contributed by atoms with Crippen LogP contribution in [0, 0.1) is 0 Å². The molecule has 3 N–H and O–H groups in total. The van der Waals surface area contributed by atoms with Crippen molar-refractivity contribution < 1.29 is 10.2 Å². The van der Waals surface area contributed by atoms with Crippen molar-refractivity contribution in [3.05, 3.63) is 29.3 Å². The van der Waals surface area contributed by atoms with Crippen LogP contribution in [0.1, 0.15) is 36.9 Å². The Labute approximate surface area is 96.1 Å². The fourth-order valence-corrected chi connectivity index (χ4v) is 2.36. The van der Waals surface area contributed by atoms with E-state index in [0.29, 0.717) is 11.8 Å². The maximum absolute atomic E-state index is 9.40. The van der Waals surface area contributed by atoms with Gasteiger partial charge in [0.1, 0.15) is 5.75 Å². The third kappa shape index (κ3) is 2.20. The van der Waals surface area contributed by atoms with Gasteiger partial charge in [0.25, 0.3) is 0 Å². The first-order valence-corrected chi connectivity index (χ1v) is 5.93. The Morgan fingerprint density at radius 2 is 2.31 bits per heavy atom. The molecular formula is C13H19NO2. The number of hydrogen-bond acceptors (Lipinski definition) is 3. The maximum atomic E-state index is 9.40. The fourth-order valence-electron chi connectivity index (χ4n) is 2.36. The topological polar surface area (TPSA) is 52.5 Å². The normalized spacial score (nSPS) is 20.8. The first kappa shape index (κ1) is 11.4. The number of aliphatic hydroxyl groups excluding tert-OH is 1. The first-order valence-electron chi connectivity index (χ1n) is 5.93. The molecule has 0 radical (unpaired) electrons. The molecule has 16 heavy (non-hydrogen) atoms. The van der Waals surface area contributed by atoms with E-state index in [2.05, 4.69) is 12.2 Å². The molecule has 2 rings (SSSR count). The summed E-state index contributed by atoms with van der Waals surface area (Å²) in [5.74, 6) is 0.341. The number of rotatable bonds is 4. The van der Waals surface area contributed by atoms with Gasteiger partial charge in [0, 0.05) is 12.1 Å². The van der Waals surface area contributed by atoms with Gasteiger partial charge < -0.3 is 15.5 Å². The van der Waals surface area contributed by atoms with Crippen LogP contribution in [0.3, 0.4) is 0 Å². The van der Waals surface area contributed by atoms with E-state index in [-0.39, 0.29) is 12.6 Å². The van der Waals surface area contributed by atoms with Gasteiger partial charge in [0.2, 0.25) is 0 Å². The Kier molecular flexibility index (Phi) is 3.46. The molecule has 1 aromatic rings. The van der Waals surface area contributed by atoms with Crippen molar-refractivity contribution in [2.75, 3.05) is 6.61 Å². The summed E-state index contributed by atoms with van der Waals surface area (Å²) in [6.45, 7) is 2.25. The molecule has 1 aromatic carbocycles. The molecule has 3 nitrogen and oxygen atoms in total. The zero-order chi connectivity index (χ0) is 11.5. The van der Waals surface area contributed by atoms with Crippen molar-refractivity contribution in [1.82, 2.24) is 5.32 Å². The molecule has 1 aliphatic rings. The molecule has 0 fully saturated rings. The van der Waals surface area contributed by atoms with Gasteiger partial charge in [-0.25, -0.2) is 0 Å². The number of fused-ring (bicyclic) bond motifs is 1. The standard InChI is InChI=1S/C13H19NO2/c1-2-10(8-15)14-13-6-3-9-7-11(16)4-5-12(9)13/h4-5,7,10,13-16H,2-3,6,8H2,1H3/t10-,13?/m0/s1. The van der Waals surface area contributed by atoms with Gasteiger partial charge in [0.05, 0.1) is 6.61 Å². The van der Waals surface area contributed by atoms with Gasteiger partial charge in [-0.05, 0) is 42.5 Å². The minimum Gasteiger partial charge on any atom is -0.508 e. The summed E-state index contributed by atoms with van der Waals surface area (Å²) < 4.78 is 0. The molecule has 0 aliphatic heterocycles. The third-order valence-electron chi connectivity index (χ3n) is 3.35. The summed E-state index contributed by atoms with van der Waals surface area (Å²) in [4.78, 5) is 0. The number of aliphatic hydroxyl groups is 1. The highest BCUT2D eigenvalue weighted by molar-refractivity contribution is 5.40. The van der Waals surface area contributed by atoms with Crippen molar-refractivity contribution in [2.24, 2.45) is 0 Å². The van der Waals surface area contributed by atoms with Crippen LogP contribution in [-0.2, 0) is 6.42 Å². The fraction of sp³-hybridized carbons (Fsp3) is 0.538. The van der Waals surface area contributed by atoms with Crippen molar-refractivity contribution in [3.63, 3.8) is 0 Å². The predicted molar refractivity (Wildman–Crippen MR) is 63.5 cm³/mol. The van der Waals surface area contributed by atoms with E-state index in [1.807, 2.05) is 12.1 Å². The van der Waals surface area contributed by atoms with Crippen LogP contribution in [0.25, 0.3) is 0 Å². The van der Waals surface area contributed by atoms with Crippen LogP contribution in [0.5, 0.6) is 5.75 Å². The number of phenols is 1. The molecule has 1 unspecified atom stereocenters. The summed E-state index contributed by atoms with van der Waals surface area (Å²) in [5.41, 5.74) is 2.50. The van der Waals surface area contributed by atoms with Crippen LogP contribution in [0.2, 0.25) is 0 Å². The van der Waals surface area contributed by atoms with Gasteiger partial charge in [-0.3, -0.25) is 0 Å². The quantitative estimate of drug-likeness (QED) is 0.726. The van der Waals surface area contributed by atoms with Crippen molar-refractivity contribution in [2.45, 2.75) is 38.3 Å². The summed E-state index contributed by atoms with van der Waals surface area (Å²) in [5, 5.41) is 22.0. The third-order valence-corrected chi connectivity index (χ3v) is 3.35. The van der Waals surface area contributed by atoms with E-state index in [9.17, 15) is 10.2 Å². The number of hydrogen-bond donors (Lipinski definition) is 3. The lowest BCUT2D eigenvalue weighted by atomic mass is 10.1. The van der Waals surface area contributed by atoms with E-state index in [0.717, 1.165) is 19.3 Å². The molecule has 0 saturated heterocycles. The van der Waals surface area contributed by atoms with Crippen LogP contribution in [0.15, 0.2) is 18.2 Å². The number of aryl methyl sites for hydroxylation is 1. The molecule has 0 spiro atoms. The number of benzene rings is 1. The summed E-state index contributed by atoms with van der Waals surface area (Å²) in [7, 11) is 0. The van der Waals surface area contributed by atoms with Crippen LogP contribution in [0.4, 0.5) is 0 Å². The van der Waals surface area contributed by atoms with Crippen molar-refractivity contribution >= 4 is 0 Å². The second-order valence-corrected chi connectivity index (χ2v) is 4.43. The van der Waals surface area contributed by atoms with Gasteiger partial charge in [-0.2, -0.15) is 0 Å². The Morgan fingerprint density at radius 1 is 1.50 bits per heavy atom. The average Bonchev–Trinajstić information content (AvgIpc) is 2.68. The minimum atomic E-state index is 0.171. The van der Waals surface area contributed by atoms with E-state index in [4.69, 9.17) is 0 Å². The molecule has 0 aromatic heterocycles. The van der Waals surface area contributed by atoms with Crippen LogP contribution < -0.4 is 5.32 Å². The Morgan fingerprint density at radius 3 is 3.00 bits per heavy atom. The number of aromatic hydroxyl groups is 1. The van der Waals surface area contributed by atoms with Crippen molar-refractivity contribution in [1.29, 1.82) is 0 Å². The molecule has 1 aliphatic carbocycles. The predicted octanol–water partition coefficient (Wildman–Crippen LogP) is 1.74. The Bertz CT molecular complexity index is 361. The highest BCUT2D eigenvalue weighted by Crippen LogP contribution is 2.33. The highest BCUT2D eigenvalue weighted by atomic mass is 16.3. The first-order chi connectivity index (χ1) is 7.74. The van der Waals surface area contributed by atoms with E-state index in [1.54, 1.807) is 6.07 Å². The van der Waals surface area contributed by atoms with Gasteiger partial charge in [-0.1, -0.05) is 13.0 Å². The molecule has 3 heteroatoms. The molecule has 2 atom stereocenters. The average molecular weight is 221 g/mol. The molecular weight excluding hydrogens is 202 g/mol. The second kappa shape index (κ2) is 4.85. The largest absolute Gasteiger partial charge is 0.508 e. The van der Waals surface area contributed by atoms with Crippen molar-refractivity contribution in [3.8, 4) is 5.75 Å². The van der Waals surface area contributed by atoms with E-state index < -0.39 is 0 Å². The highest BCUT2D eigenvalue weighted by Gasteiger charge is 2.24. The van der Waals surface area contributed by atoms with Gasteiger partial charge in [0.15, 0.2) is 0 Å².